The fourth-order valence-corrected chi connectivity index (χ4v) is 2.23. The molecule has 0 spiro atoms. The molecule has 2 amide bonds. The molecule has 0 aromatic heterocycles. The third-order valence-electron chi connectivity index (χ3n) is 3.15. The largest absolute Gasteiger partial charge is 0.507 e. The number of anilines is 1. The summed E-state index contributed by atoms with van der Waals surface area (Å²) in [5.74, 6) is -1.22. The molecule has 3 N–H and O–H groups in total. The van der Waals surface area contributed by atoms with Crippen molar-refractivity contribution < 1.29 is 14.7 Å². The maximum Gasteiger partial charge on any atom is 0.255 e. The summed E-state index contributed by atoms with van der Waals surface area (Å²) in [6.45, 7) is 1.53. The van der Waals surface area contributed by atoms with Crippen LogP contribution < -0.4 is 10.6 Å². The van der Waals surface area contributed by atoms with Crippen LogP contribution in [0.1, 0.15) is 15.9 Å². The van der Waals surface area contributed by atoms with Crippen LogP contribution in [0.25, 0.3) is 0 Å². The van der Waals surface area contributed by atoms with Gasteiger partial charge in [-0.1, -0.05) is 29.3 Å². The third-order valence-corrected chi connectivity index (χ3v) is 3.80. The molecule has 2 aromatic rings. The van der Waals surface area contributed by atoms with E-state index in [1.807, 2.05) is 0 Å². The first-order valence-corrected chi connectivity index (χ1v) is 7.45. The number of nitrogens with one attached hydrogen (secondary N) is 2. The van der Waals surface area contributed by atoms with E-state index in [9.17, 15) is 14.7 Å². The number of carbonyl (C=O) groups excluding carboxylic acids is 2. The highest BCUT2D eigenvalue weighted by Crippen LogP contribution is 2.23. The van der Waals surface area contributed by atoms with Crippen LogP contribution in [0.5, 0.6) is 5.75 Å². The standard InChI is InChI=1S/C16H14Cl2N2O3/c1-9-12(18)3-2-4-13(9)20-15(22)8-19-16(23)11-7-10(17)5-6-14(11)21/h2-7,21H,8H2,1H3,(H,19,23)(H,20,22). The Labute approximate surface area is 143 Å². The van der Waals surface area contributed by atoms with Gasteiger partial charge in [-0.15, -0.1) is 0 Å². The van der Waals surface area contributed by atoms with Gasteiger partial charge in [0, 0.05) is 15.7 Å². The van der Waals surface area contributed by atoms with Crippen molar-refractivity contribution in [1.29, 1.82) is 0 Å². The number of aromatic hydroxyl groups is 1. The van der Waals surface area contributed by atoms with E-state index in [0.29, 0.717) is 15.7 Å². The second kappa shape index (κ2) is 7.35. The smallest absolute Gasteiger partial charge is 0.255 e. The van der Waals surface area contributed by atoms with E-state index in [1.54, 1.807) is 25.1 Å². The third kappa shape index (κ3) is 4.37. The summed E-state index contributed by atoms with van der Waals surface area (Å²) in [5, 5.41) is 15.6. The minimum absolute atomic E-state index is 0.00392. The van der Waals surface area contributed by atoms with Gasteiger partial charge in [0.05, 0.1) is 12.1 Å². The van der Waals surface area contributed by atoms with Gasteiger partial charge in [0.15, 0.2) is 0 Å². The van der Waals surface area contributed by atoms with E-state index in [1.165, 1.54) is 18.2 Å². The molecule has 0 unspecified atom stereocenters. The molecule has 0 bridgehead atoms. The zero-order valence-corrected chi connectivity index (χ0v) is 13.7. The highest BCUT2D eigenvalue weighted by Gasteiger charge is 2.13. The van der Waals surface area contributed by atoms with E-state index < -0.39 is 11.8 Å². The lowest BCUT2D eigenvalue weighted by Crippen LogP contribution is -2.33. The Morgan fingerprint density at radius 2 is 1.91 bits per heavy atom. The van der Waals surface area contributed by atoms with E-state index in [0.717, 1.165) is 5.56 Å². The molecular formula is C16H14Cl2N2O3. The number of phenolic OH excluding ortho intramolecular Hbond substituents is 1. The van der Waals surface area contributed by atoms with Crippen LogP contribution >= 0.6 is 23.2 Å². The van der Waals surface area contributed by atoms with Crippen molar-refractivity contribution in [3.05, 3.63) is 57.6 Å². The predicted molar refractivity (Wildman–Crippen MR) is 90.3 cm³/mol. The van der Waals surface area contributed by atoms with Gasteiger partial charge in [0.25, 0.3) is 5.91 Å². The Balaban J connectivity index is 1.98. The molecule has 0 atom stereocenters. The molecule has 0 aliphatic rings. The van der Waals surface area contributed by atoms with Crippen LogP contribution in [0.3, 0.4) is 0 Å². The highest BCUT2D eigenvalue weighted by molar-refractivity contribution is 6.32. The Kier molecular flexibility index (Phi) is 5.47. The lowest BCUT2D eigenvalue weighted by atomic mass is 10.2. The van der Waals surface area contributed by atoms with Crippen molar-refractivity contribution in [1.82, 2.24) is 5.32 Å². The molecule has 0 saturated carbocycles. The number of hydrogen-bond acceptors (Lipinski definition) is 3. The number of carbonyl (C=O) groups is 2. The van der Waals surface area contributed by atoms with Gasteiger partial charge < -0.3 is 15.7 Å². The maximum atomic E-state index is 12.0. The van der Waals surface area contributed by atoms with Crippen molar-refractivity contribution in [2.45, 2.75) is 6.92 Å². The molecule has 0 aliphatic heterocycles. The second-order valence-corrected chi connectivity index (χ2v) is 5.65. The summed E-state index contributed by atoms with van der Waals surface area (Å²) in [4.78, 5) is 23.9. The number of hydrogen-bond donors (Lipinski definition) is 3. The van der Waals surface area contributed by atoms with Crippen molar-refractivity contribution >= 4 is 40.7 Å². The summed E-state index contributed by atoms with van der Waals surface area (Å²) in [7, 11) is 0. The molecule has 0 radical (unpaired) electrons. The molecular weight excluding hydrogens is 339 g/mol. The van der Waals surface area contributed by atoms with Crippen LogP contribution in [0.2, 0.25) is 10.0 Å². The summed E-state index contributed by atoms with van der Waals surface area (Å²) >= 11 is 11.8. The SMILES string of the molecule is Cc1c(Cl)cccc1NC(=O)CNC(=O)c1cc(Cl)ccc1O. The fourth-order valence-electron chi connectivity index (χ4n) is 1.88. The summed E-state index contributed by atoms with van der Waals surface area (Å²) in [6.07, 6.45) is 0. The second-order valence-electron chi connectivity index (χ2n) is 4.80. The number of rotatable bonds is 4. The first-order chi connectivity index (χ1) is 10.9. The average Bonchev–Trinajstić information content (AvgIpc) is 2.52. The zero-order chi connectivity index (χ0) is 17.0. The van der Waals surface area contributed by atoms with Crippen molar-refractivity contribution in [3.8, 4) is 5.75 Å². The van der Waals surface area contributed by atoms with Gasteiger partial charge in [-0.05, 0) is 42.8 Å². The molecule has 120 valence electrons. The molecule has 0 heterocycles. The van der Waals surface area contributed by atoms with E-state index in [-0.39, 0.29) is 17.9 Å². The predicted octanol–water partition coefficient (Wildman–Crippen LogP) is 3.38. The van der Waals surface area contributed by atoms with E-state index in [4.69, 9.17) is 23.2 Å². The molecule has 0 saturated heterocycles. The van der Waals surface area contributed by atoms with Crippen LogP contribution in [-0.2, 0) is 4.79 Å². The molecule has 7 heteroatoms. The first kappa shape index (κ1) is 17.1. The Morgan fingerprint density at radius 1 is 1.17 bits per heavy atom. The fraction of sp³-hybridized carbons (Fsp3) is 0.125. The number of phenols is 1. The van der Waals surface area contributed by atoms with Gasteiger partial charge >= 0.3 is 0 Å². The Bertz CT molecular complexity index is 763. The van der Waals surface area contributed by atoms with Crippen LogP contribution in [-0.4, -0.2) is 23.5 Å². The molecule has 23 heavy (non-hydrogen) atoms. The molecule has 2 aromatic carbocycles. The lowest BCUT2D eigenvalue weighted by Gasteiger charge is -2.10. The van der Waals surface area contributed by atoms with E-state index >= 15 is 0 Å². The highest BCUT2D eigenvalue weighted by atomic mass is 35.5. The molecule has 2 rings (SSSR count). The van der Waals surface area contributed by atoms with Crippen LogP contribution in [0, 0.1) is 6.92 Å². The van der Waals surface area contributed by atoms with Gasteiger partial charge in [-0.2, -0.15) is 0 Å². The minimum Gasteiger partial charge on any atom is -0.507 e. The Hall–Kier alpha value is -2.24. The molecule has 0 fully saturated rings. The van der Waals surface area contributed by atoms with Crippen molar-refractivity contribution in [2.75, 3.05) is 11.9 Å². The van der Waals surface area contributed by atoms with Gasteiger partial charge in [0.1, 0.15) is 5.75 Å². The van der Waals surface area contributed by atoms with Gasteiger partial charge in [-0.25, -0.2) is 0 Å². The summed E-state index contributed by atoms with van der Waals surface area (Å²) < 4.78 is 0. The van der Waals surface area contributed by atoms with Crippen LogP contribution in [0.15, 0.2) is 36.4 Å². The number of benzene rings is 2. The molecule has 0 aliphatic carbocycles. The number of halogens is 2. The number of amides is 2. The van der Waals surface area contributed by atoms with Crippen molar-refractivity contribution in [2.24, 2.45) is 0 Å². The van der Waals surface area contributed by atoms with Gasteiger partial charge in [0.2, 0.25) is 5.91 Å². The van der Waals surface area contributed by atoms with Crippen LogP contribution in [0.4, 0.5) is 5.69 Å². The zero-order valence-electron chi connectivity index (χ0n) is 12.2. The normalized spacial score (nSPS) is 10.2. The van der Waals surface area contributed by atoms with Gasteiger partial charge in [-0.3, -0.25) is 9.59 Å². The summed E-state index contributed by atoms with van der Waals surface area (Å²) in [6, 6.07) is 9.24. The minimum atomic E-state index is -0.594. The van der Waals surface area contributed by atoms with Crippen molar-refractivity contribution in [3.63, 3.8) is 0 Å². The maximum absolute atomic E-state index is 12.0. The first-order valence-electron chi connectivity index (χ1n) is 6.70. The van der Waals surface area contributed by atoms with E-state index in [2.05, 4.69) is 10.6 Å². The summed E-state index contributed by atoms with van der Waals surface area (Å²) in [5.41, 5.74) is 1.31. The monoisotopic (exact) mass is 352 g/mol. The lowest BCUT2D eigenvalue weighted by molar-refractivity contribution is -0.115. The quantitative estimate of drug-likeness (QED) is 0.789. The molecule has 5 nitrogen and oxygen atoms in total. The average molecular weight is 353 g/mol. The topological polar surface area (TPSA) is 78.4 Å². The Morgan fingerprint density at radius 3 is 2.65 bits per heavy atom.